The van der Waals surface area contributed by atoms with E-state index in [9.17, 15) is 14.0 Å². The van der Waals surface area contributed by atoms with E-state index in [1.165, 1.54) is 18.2 Å². The minimum absolute atomic E-state index is 0.213. The molecule has 28 heavy (non-hydrogen) atoms. The van der Waals surface area contributed by atoms with Gasteiger partial charge in [0.25, 0.3) is 0 Å². The molecule has 0 fully saturated rings. The first kappa shape index (κ1) is 25.9. The standard InChI is InChI=1S/C15H22BFN2O5.C4H10/c1-15(2,3)24-14(21)19-12(8-13(20)18-9-16(22)23)10-5-4-6-11(17)7-10;1-4(2)3/h4-7,12,22-23H,8-9H2,1-3H3,(H,18,20)(H,19,21);4H,1-3H3. The van der Waals surface area contributed by atoms with Crippen molar-refractivity contribution >= 4 is 19.1 Å². The van der Waals surface area contributed by atoms with Crippen LogP contribution in [0.15, 0.2) is 24.3 Å². The van der Waals surface area contributed by atoms with Crippen molar-refractivity contribution in [3.63, 3.8) is 0 Å². The summed E-state index contributed by atoms with van der Waals surface area (Å²) in [6, 6.07) is 4.65. The Kier molecular flexibility index (Phi) is 11.4. The molecular formula is C19H32BFN2O5. The summed E-state index contributed by atoms with van der Waals surface area (Å²) < 4.78 is 18.6. The van der Waals surface area contributed by atoms with Gasteiger partial charge in [0.15, 0.2) is 0 Å². The maximum absolute atomic E-state index is 13.4. The number of ether oxygens (including phenoxy) is 1. The zero-order valence-electron chi connectivity index (χ0n) is 17.5. The second kappa shape index (κ2) is 12.4. The fourth-order valence-electron chi connectivity index (χ4n) is 1.89. The highest BCUT2D eigenvalue weighted by molar-refractivity contribution is 6.41. The minimum atomic E-state index is -1.68. The van der Waals surface area contributed by atoms with E-state index < -0.39 is 36.6 Å². The van der Waals surface area contributed by atoms with Crippen molar-refractivity contribution in [1.29, 1.82) is 0 Å². The average Bonchev–Trinajstić information content (AvgIpc) is 2.50. The third-order valence-corrected chi connectivity index (χ3v) is 2.81. The Bertz CT molecular complexity index is 618. The molecule has 158 valence electrons. The second-order valence-corrected chi connectivity index (χ2v) is 7.97. The van der Waals surface area contributed by atoms with Crippen LogP contribution in [0.3, 0.4) is 0 Å². The summed E-state index contributed by atoms with van der Waals surface area (Å²) in [7, 11) is -1.68. The molecule has 1 atom stereocenters. The molecule has 0 spiro atoms. The van der Waals surface area contributed by atoms with Gasteiger partial charge in [-0.05, 0) is 44.4 Å². The highest BCUT2D eigenvalue weighted by atomic mass is 19.1. The Labute approximate surface area is 166 Å². The van der Waals surface area contributed by atoms with E-state index >= 15 is 0 Å². The molecule has 1 aromatic rings. The Morgan fingerprint density at radius 1 is 1.21 bits per heavy atom. The van der Waals surface area contributed by atoms with Crippen LogP contribution in [0, 0.1) is 11.7 Å². The van der Waals surface area contributed by atoms with Crippen LogP contribution in [-0.4, -0.2) is 41.2 Å². The van der Waals surface area contributed by atoms with Gasteiger partial charge in [-0.3, -0.25) is 4.79 Å². The predicted molar refractivity (Wildman–Crippen MR) is 107 cm³/mol. The number of hydrogen-bond donors (Lipinski definition) is 4. The SMILES string of the molecule is CC(C)(C)OC(=O)NC(CC(=O)NCB(O)O)c1cccc(F)c1.CC(C)C. The normalized spacial score (nSPS) is 11.8. The maximum atomic E-state index is 13.4. The van der Waals surface area contributed by atoms with E-state index in [0.29, 0.717) is 5.56 Å². The molecule has 9 heteroatoms. The first-order valence-electron chi connectivity index (χ1n) is 9.18. The average molecular weight is 398 g/mol. The molecule has 0 aliphatic heterocycles. The van der Waals surface area contributed by atoms with Crippen molar-refractivity contribution in [2.45, 2.75) is 59.6 Å². The molecular weight excluding hydrogens is 366 g/mol. The lowest BCUT2D eigenvalue weighted by Crippen LogP contribution is -2.39. The molecule has 0 radical (unpaired) electrons. The van der Waals surface area contributed by atoms with Crippen LogP contribution in [0.2, 0.25) is 0 Å². The summed E-state index contributed by atoms with van der Waals surface area (Å²) in [6.45, 7) is 11.6. The van der Waals surface area contributed by atoms with E-state index in [2.05, 4.69) is 31.4 Å². The first-order chi connectivity index (χ1) is 12.8. The van der Waals surface area contributed by atoms with Gasteiger partial charge in [0.2, 0.25) is 5.91 Å². The van der Waals surface area contributed by atoms with E-state index in [0.717, 1.165) is 5.92 Å². The molecule has 1 unspecified atom stereocenters. The first-order valence-corrected chi connectivity index (χ1v) is 9.18. The Morgan fingerprint density at radius 2 is 1.79 bits per heavy atom. The van der Waals surface area contributed by atoms with Crippen molar-refractivity contribution < 1.29 is 28.8 Å². The van der Waals surface area contributed by atoms with Crippen LogP contribution in [0.5, 0.6) is 0 Å². The number of alkyl carbamates (subject to hydrolysis) is 1. The maximum Gasteiger partial charge on any atom is 0.472 e. The topological polar surface area (TPSA) is 108 Å². The molecule has 1 aromatic carbocycles. The molecule has 1 rings (SSSR count). The largest absolute Gasteiger partial charge is 0.472 e. The fraction of sp³-hybridized carbons (Fsp3) is 0.579. The van der Waals surface area contributed by atoms with Gasteiger partial charge < -0.3 is 25.4 Å². The number of amides is 2. The summed E-state index contributed by atoms with van der Waals surface area (Å²) in [5.74, 6) is -0.205. The van der Waals surface area contributed by atoms with Gasteiger partial charge in [-0.15, -0.1) is 0 Å². The Hall–Kier alpha value is -2.13. The molecule has 0 saturated heterocycles. The number of halogens is 1. The lowest BCUT2D eigenvalue weighted by Gasteiger charge is -2.24. The lowest BCUT2D eigenvalue weighted by molar-refractivity contribution is -0.121. The van der Waals surface area contributed by atoms with Crippen LogP contribution < -0.4 is 10.6 Å². The highest BCUT2D eigenvalue weighted by Gasteiger charge is 2.23. The van der Waals surface area contributed by atoms with Crippen LogP contribution in [0.4, 0.5) is 9.18 Å². The summed E-state index contributed by atoms with van der Waals surface area (Å²) >= 11 is 0. The summed E-state index contributed by atoms with van der Waals surface area (Å²) in [5.41, 5.74) is -0.333. The molecule has 0 bridgehead atoms. The van der Waals surface area contributed by atoms with Gasteiger partial charge >= 0.3 is 13.2 Å². The summed E-state index contributed by atoms with van der Waals surface area (Å²) in [4.78, 5) is 23.8. The molecule has 4 N–H and O–H groups in total. The van der Waals surface area contributed by atoms with Crippen LogP contribution in [-0.2, 0) is 9.53 Å². The van der Waals surface area contributed by atoms with Gasteiger partial charge in [-0.25, -0.2) is 9.18 Å². The van der Waals surface area contributed by atoms with Gasteiger partial charge in [0.05, 0.1) is 18.9 Å². The van der Waals surface area contributed by atoms with E-state index in [1.807, 2.05) is 0 Å². The molecule has 0 aromatic heterocycles. The second-order valence-electron chi connectivity index (χ2n) is 7.97. The lowest BCUT2D eigenvalue weighted by atomic mass is 9.92. The molecule has 7 nitrogen and oxygen atoms in total. The quantitative estimate of drug-likeness (QED) is 0.551. The summed E-state index contributed by atoms with van der Waals surface area (Å²) in [5, 5.41) is 22.3. The molecule has 0 saturated carbocycles. The number of rotatable bonds is 6. The van der Waals surface area contributed by atoms with E-state index in [-0.39, 0.29) is 12.9 Å². The van der Waals surface area contributed by atoms with Gasteiger partial charge in [-0.2, -0.15) is 0 Å². The van der Waals surface area contributed by atoms with Crippen LogP contribution in [0.1, 0.15) is 59.6 Å². The number of carbonyl (C=O) groups excluding carboxylic acids is 2. The number of benzene rings is 1. The minimum Gasteiger partial charge on any atom is -0.444 e. The van der Waals surface area contributed by atoms with E-state index in [1.54, 1.807) is 26.8 Å². The van der Waals surface area contributed by atoms with Gasteiger partial charge in [0, 0.05) is 0 Å². The smallest absolute Gasteiger partial charge is 0.444 e. The highest BCUT2D eigenvalue weighted by Crippen LogP contribution is 2.19. The Morgan fingerprint density at radius 3 is 2.25 bits per heavy atom. The summed E-state index contributed by atoms with van der Waals surface area (Å²) in [6.07, 6.45) is -1.30. The zero-order chi connectivity index (χ0) is 21.9. The van der Waals surface area contributed by atoms with Gasteiger partial charge in [0.1, 0.15) is 11.4 Å². The number of hydrogen-bond acceptors (Lipinski definition) is 5. The third-order valence-electron chi connectivity index (χ3n) is 2.81. The zero-order valence-corrected chi connectivity index (χ0v) is 17.5. The molecule has 0 aliphatic carbocycles. The monoisotopic (exact) mass is 398 g/mol. The van der Waals surface area contributed by atoms with Gasteiger partial charge in [-0.1, -0.05) is 32.9 Å². The molecule has 2 amide bonds. The van der Waals surface area contributed by atoms with Crippen molar-refractivity contribution in [2.75, 3.05) is 6.44 Å². The predicted octanol–water partition coefficient (Wildman–Crippen LogP) is 2.57. The van der Waals surface area contributed by atoms with E-state index in [4.69, 9.17) is 14.8 Å². The van der Waals surface area contributed by atoms with Crippen molar-refractivity contribution in [3.8, 4) is 0 Å². The van der Waals surface area contributed by atoms with Crippen LogP contribution >= 0.6 is 0 Å². The fourth-order valence-corrected chi connectivity index (χ4v) is 1.89. The number of carbonyl (C=O) groups is 2. The van der Waals surface area contributed by atoms with Crippen molar-refractivity contribution in [1.82, 2.24) is 10.6 Å². The Balaban J connectivity index is 0.00000165. The van der Waals surface area contributed by atoms with Crippen molar-refractivity contribution in [3.05, 3.63) is 35.6 Å². The number of nitrogens with one attached hydrogen (secondary N) is 2. The molecule has 0 aliphatic rings. The third kappa shape index (κ3) is 14.0. The molecule has 0 heterocycles. The van der Waals surface area contributed by atoms with Crippen LogP contribution in [0.25, 0.3) is 0 Å². The van der Waals surface area contributed by atoms with Crippen molar-refractivity contribution in [2.24, 2.45) is 5.92 Å².